The van der Waals surface area contributed by atoms with Crippen molar-refractivity contribution in [3.05, 3.63) is 22.6 Å². The van der Waals surface area contributed by atoms with Gasteiger partial charge in [0.05, 0.1) is 18.9 Å². The van der Waals surface area contributed by atoms with Crippen molar-refractivity contribution in [2.75, 3.05) is 19.8 Å². The summed E-state index contributed by atoms with van der Waals surface area (Å²) in [5.41, 5.74) is 1.12. The molecule has 1 rings (SSSR count). The summed E-state index contributed by atoms with van der Waals surface area (Å²) < 4.78 is 11.5. The van der Waals surface area contributed by atoms with Gasteiger partial charge in [0.25, 0.3) is 0 Å². The molecule has 0 saturated carbocycles. The Hall–Kier alpha value is -0.320. The van der Waals surface area contributed by atoms with Crippen molar-refractivity contribution in [2.24, 2.45) is 0 Å². The monoisotopic (exact) mass is 275 g/mol. The summed E-state index contributed by atoms with van der Waals surface area (Å²) in [4.78, 5) is 0. The first-order chi connectivity index (χ1) is 7.29. The van der Waals surface area contributed by atoms with E-state index in [2.05, 4.69) is 28.2 Å². The van der Waals surface area contributed by atoms with Crippen molar-refractivity contribution in [3.63, 3.8) is 0 Å². The molecule has 1 aromatic rings. The van der Waals surface area contributed by atoms with E-state index in [1.807, 2.05) is 13.0 Å². The van der Waals surface area contributed by atoms with Crippen LogP contribution in [0.1, 0.15) is 31.9 Å². The molecule has 0 aromatic carbocycles. The molecule has 0 fully saturated rings. The van der Waals surface area contributed by atoms with Crippen LogP contribution in [0.3, 0.4) is 0 Å². The summed E-state index contributed by atoms with van der Waals surface area (Å²) in [7, 11) is 0. The quantitative estimate of drug-likeness (QED) is 0.830. The van der Waals surface area contributed by atoms with Gasteiger partial charge in [0.15, 0.2) is 4.67 Å². The Morgan fingerprint density at radius 1 is 1.53 bits per heavy atom. The zero-order valence-corrected chi connectivity index (χ0v) is 10.8. The van der Waals surface area contributed by atoms with E-state index in [1.54, 1.807) is 6.26 Å². The summed E-state index contributed by atoms with van der Waals surface area (Å²) in [6.07, 6.45) is 2.80. The number of ether oxygens (including phenoxy) is 1. The standard InChI is InChI=1S/C11H18BrNO2/c1-3-6-13-10(8-14-4-2)9-5-7-15-11(9)12/h5,7,10,13H,3-4,6,8H2,1-2H3. The molecular formula is C11H18BrNO2. The second kappa shape index (κ2) is 7.04. The van der Waals surface area contributed by atoms with Gasteiger partial charge in [-0.1, -0.05) is 6.92 Å². The predicted molar refractivity (Wildman–Crippen MR) is 63.9 cm³/mol. The number of halogens is 1. The minimum absolute atomic E-state index is 0.207. The lowest BCUT2D eigenvalue weighted by Gasteiger charge is -2.17. The average Bonchev–Trinajstić information content (AvgIpc) is 2.65. The van der Waals surface area contributed by atoms with Crippen LogP contribution in [0.25, 0.3) is 0 Å². The molecule has 0 spiro atoms. The Morgan fingerprint density at radius 3 is 2.87 bits per heavy atom. The lowest BCUT2D eigenvalue weighted by atomic mass is 10.1. The van der Waals surface area contributed by atoms with Crippen molar-refractivity contribution in [1.82, 2.24) is 5.32 Å². The van der Waals surface area contributed by atoms with Gasteiger partial charge >= 0.3 is 0 Å². The van der Waals surface area contributed by atoms with Crippen molar-refractivity contribution < 1.29 is 9.15 Å². The number of nitrogens with one attached hydrogen (secondary N) is 1. The maximum Gasteiger partial charge on any atom is 0.173 e. The van der Waals surface area contributed by atoms with Gasteiger partial charge in [0, 0.05) is 12.2 Å². The van der Waals surface area contributed by atoms with Gasteiger partial charge in [0.1, 0.15) is 0 Å². The molecule has 0 amide bonds. The second-order valence-corrected chi connectivity index (χ2v) is 4.04. The van der Waals surface area contributed by atoms with Gasteiger partial charge in [0.2, 0.25) is 0 Å². The SMILES string of the molecule is CCCNC(COCC)c1ccoc1Br. The van der Waals surface area contributed by atoms with Crippen LogP contribution in [0, 0.1) is 0 Å². The molecule has 86 valence electrons. The summed E-state index contributed by atoms with van der Waals surface area (Å²) in [5.74, 6) is 0. The fraction of sp³-hybridized carbons (Fsp3) is 0.636. The van der Waals surface area contributed by atoms with Crippen LogP contribution < -0.4 is 5.32 Å². The fourth-order valence-electron chi connectivity index (χ4n) is 1.37. The Morgan fingerprint density at radius 2 is 2.33 bits per heavy atom. The first kappa shape index (κ1) is 12.7. The topological polar surface area (TPSA) is 34.4 Å². The molecule has 4 heteroatoms. The zero-order chi connectivity index (χ0) is 11.1. The van der Waals surface area contributed by atoms with Crippen LogP contribution in [-0.4, -0.2) is 19.8 Å². The third-order valence-electron chi connectivity index (χ3n) is 2.15. The molecular weight excluding hydrogens is 258 g/mol. The molecule has 0 radical (unpaired) electrons. The molecule has 0 aliphatic heterocycles. The highest BCUT2D eigenvalue weighted by molar-refractivity contribution is 9.10. The molecule has 0 aliphatic carbocycles. The van der Waals surface area contributed by atoms with Gasteiger partial charge < -0.3 is 14.5 Å². The van der Waals surface area contributed by atoms with Crippen molar-refractivity contribution in [3.8, 4) is 0 Å². The van der Waals surface area contributed by atoms with E-state index >= 15 is 0 Å². The Bertz CT molecular complexity index is 267. The van der Waals surface area contributed by atoms with Crippen LogP contribution in [0.4, 0.5) is 0 Å². The van der Waals surface area contributed by atoms with Crippen molar-refractivity contribution >= 4 is 15.9 Å². The lowest BCUT2D eigenvalue weighted by Crippen LogP contribution is -2.26. The fourth-order valence-corrected chi connectivity index (χ4v) is 1.88. The minimum atomic E-state index is 0.207. The predicted octanol–water partition coefficient (Wildman–Crippen LogP) is 3.12. The van der Waals surface area contributed by atoms with E-state index in [-0.39, 0.29) is 6.04 Å². The maximum atomic E-state index is 5.45. The highest BCUT2D eigenvalue weighted by atomic mass is 79.9. The van der Waals surface area contributed by atoms with Crippen LogP contribution in [-0.2, 0) is 4.74 Å². The molecule has 1 unspecified atom stereocenters. The highest BCUT2D eigenvalue weighted by Gasteiger charge is 2.15. The lowest BCUT2D eigenvalue weighted by molar-refractivity contribution is 0.122. The third-order valence-corrected chi connectivity index (χ3v) is 2.80. The first-order valence-corrected chi connectivity index (χ1v) is 6.12. The van der Waals surface area contributed by atoms with Gasteiger partial charge in [-0.25, -0.2) is 0 Å². The Kier molecular flexibility index (Phi) is 5.98. The zero-order valence-electron chi connectivity index (χ0n) is 9.25. The van der Waals surface area contributed by atoms with Gasteiger partial charge in [-0.05, 0) is 41.9 Å². The maximum absolute atomic E-state index is 5.45. The van der Waals surface area contributed by atoms with Crippen molar-refractivity contribution in [1.29, 1.82) is 0 Å². The van der Waals surface area contributed by atoms with E-state index in [0.717, 1.165) is 29.8 Å². The second-order valence-electron chi connectivity index (χ2n) is 3.32. The number of hydrogen-bond donors (Lipinski definition) is 1. The van der Waals surface area contributed by atoms with Crippen LogP contribution >= 0.6 is 15.9 Å². The number of rotatable bonds is 7. The molecule has 1 heterocycles. The molecule has 3 nitrogen and oxygen atoms in total. The molecule has 15 heavy (non-hydrogen) atoms. The van der Waals surface area contributed by atoms with Gasteiger partial charge in [-0.15, -0.1) is 0 Å². The molecule has 1 atom stereocenters. The molecule has 0 saturated heterocycles. The van der Waals surface area contributed by atoms with E-state index in [4.69, 9.17) is 9.15 Å². The van der Waals surface area contributed by atoms with E-state index in [1.165, 1.54) is 0 Å². The molecule has 1 aromatic heterocycles. The number of hydrogen-bond acceptors (Lipinski definition) is 3. The van der Waals surface area contributed by atoms with E-state index < -0.39 is 0 Å². The highest BCUT2D eigenvalue weighted by Crippen LogP contribution is 2.24. The largest absolute Gasteiger partial charge is 0.457 e. The Labute approximate surface area is 99.3 Å². The van der Waals surface area contributed by atoms with Crippen molar-refractivity contribution in [2.45, 2.75) is 26.3 Å². The van der Waals surface area contributed by atoms with E-state index in [9.17, 15) is 0 Å². The normalized spacial score (nSPS) is 13.0. The van der Waals surface area contributed by atoms with Gasteiger partial charge in [-0.2, -0.15) is 0 Å². The summed E-state index contributed by atoms with van der Waals surface area (Å²) >= 11 is 3.39. The van der Waals surface area contributed by atoms with Crippen LogP contribution in [0.5, 0.6) is 0 Å². The third kappa shape index (κ3) is 3.97. The summed E-state index contributed by atoms with van der Waals surface area (Å²) in [5, 5.41) is 3.43. The molecule has 0 bridgehead atoms. The smallest absolute Gasteiger partial charge is 0.173 e. The summed E-state index contributed by atoms with van der Waals surface area (Å²) in [6.45, 7) is 6.54. The number of furan rings is 1. The summed E-state index contributed by atoms with van der Waals surface area (Å²) in [6, 6.07) is 2.18. The molecule has 0 aliphatic rings. The van der Waals surface area contributed by atoms with Crippen LogP contribution in [0.15, 0.2) is 21.4 Å². The van der Waals surface area contributed by atoms with Crippen LogP contribution in [0.2, 0.25) is 0 Å². The Balaban J connectivity index is 2.58. The first-order valence-electron chi connectivity index (χ1n) is 5.33. The molecule has 1 N–H and O–H groups in total. The van der Waals surface area contributed by atoms with Gasteiger partial charge in [-0.3, -0.25) is 0 Å². The minimum Gasteiger partial charge on any atom is -0.457 e. The van der Waals surface area contributed by atoms with E-state index in [0.29, 0.717) is 6.61 Å². The average molecular weight is 276 g/mol.